The summed E-state index contributed by atoms with van der Waals surface area (Å²) in [7, 11) is 0. The van der Waals surface area contributed by atoms with Crippen molar-refractivity contribution in [2.75, 3.05) is 0 Å². The minimum atomic E-state index is 0.699. The highest BCUT2D eigenvalue weighted by molar-refractivity contribution is 5.36. The molecular weight excluding hydrogens is 247 g/mol. The highest BCUT2D eigenvalue weighted by Gasteiger charge is 2.21. The maximum Gasteiger partial charge on any atom is 0.111 e. The molecule has 1 aliphatic rings. The third kappa shape index (κ3) is 4.37. The number of halogens is 1. The lowest BCUT2D eigenvalue weighted by Crippen LogP contribution is -2.13. The Hall–Kier alpha value is -1.29. The molecule has 108 valence electrons. The summed E-state index contributed by atoms with van der Waals surface area (Å²) in [5, 5.41) is 0. The second-order valence-electron chi connectivity index (χ2n) is 6.05. The second-order valence-corrected chi connectivity index (χ2v) is 6.05. The smallest absolute Gasteiger partial charge is 0.111 e. The first kappa shape index (κ1) is 15.1. The van der Waals surface area contributed by atoms with Crippen LogP contribution >= 0.6 is 0 Å². The summed E-state index contributed by atoms with van der Waals surface area (Å²) >= 11 is 0. The fraction of sp³-hybridized carbons (Fsp3) is 0.579. The van der Waals surface area contributed by atoms with E-state index in [4.69, 9.17) is 0 Å². The van der Waals surface area contributed by atoms with Gasteiger partial charge in [-0.25, -0.2) is 0 Å². The summed E-state index contributed by atoms with van der Waals surface area (Å²) in [6.07, 6.45) is 12.4. The van der Waals surface area contributed by atoms with Gasteiger partial charge in [-0.2, -0.15) is 0 Å². The summed E-state index contributed by atoms with van der Waals surface area (Å²) in [5.41, 5.74) is 2.17. The van der Waals surface area contributed by atoms with Crippen molar-refractivity contribution in [1.82, 2.24) is 0 Å². The summed E-state index contributed by atoms with van der Waals surface area (Å²) < 4.78 is 11.9. The molecule has 0 bridgehead atoms. The quantitative estimate of drug-likeness (QED) is 0.468. The first-order valence-electron chi connectivity index (χ1n) is 8.05. The van der Waals surface area contributed by atoms with Gasteiger partial charge in [0.1, 0.15) is 6.17 Å². The van der Waals surface area contributed by atoms with Gasteiger partial charge in [0.05, 0.1) is 0 Å². The Labute approximate surface area is 122 Å². The molecule has 0 saturated heterocycles. The predicted octanol–water partition coefficient (Wildman–Crippen LogP) is 5.82. The predicted molar refractivity (Wildman–Crippen MR) is 83.3 cm³/mol. The molecule has 0 atom stereocenters. The molecule has 0 spiro atoms. The summed E-state index contributed by atoms with van der Waals surface area (Å²) in [4.78, 5) is 0. The summed E-state index contributed by atoms with van der Waals surface area (Å²) in [6.45, 7) is 2.27. The van der Waals surface area contributed by atoms with Gasteiger partial charge >= 0.3 is 0 Å². The van der Waals surface area contributed by atoms with Crippen LogP contribution in [0.3, 0.4) is 0 Å². The summed E-state index contributed by atoms with van der Waals surface area (Å²) in [6, 6.07) is 8.13. The monoisotopic (exact) mass is 272 g/mol. The highest BCUT2D eigenvalue weighted by atomic mass is 19.1. The van der Waals surface area contributed by atoms with Crippen molar-refractivity contribution >= 4 is 0 Å². The van der Waals surface area contributed by atoms with Crippen molar-refractivity contribution in [3.8, 4) is 12.1 Å². The normalized spacial score (nSPS) is 22.1. The number of unbranched alkanes of at least 4 members (excludes halogenated alkanes) is 2. The number of benzene rings is 1. The Bertz CT molecular complexity index is 441. The van der Waals surface area contributed by atoms with Crippen LogP contribution < -0.4 is 0 Å². The SMILES string of the molecule is CCCCCC1CCC(c2ccc(C#CF)cc2)CC1. The lowest BCUT2D eigenvalue weighted by Gasteiger charge is -2.28. The van der Waals surface area contributed by atoms with E-state index in [1.807, 2.05) is 12.1 Å². The molecule has 0 radical (unpaired) electrons. The Kier molecular flexibility index (Phi) is 6.12. The van der Waals surface area contributed by atoms with Crippen molar-refractivity contribution in [3.05, 3.63) is 35.4 Å². The lowest BCUT2D eigenvalue weighted by molar-refractivity contribution is 0.303. The standard InChI is InChI=1S/C19H25F/c1-2-3-4-5-16-6-10-18(11-7-16)19-12-8-17(9-13-19)14-15-20/h8-9,12-13,16,18H,2-7,10-11H2,1H3. The van der Waals surface area contributed by atoms with Crippen LogP contribution in [-0.4, -0.2) is 0 Å². The topological polar surface area (TPSA) is 0 Å². The zero-order valence-corrected chi connectivity index (χ0v) is 12.5. The molecule has 1 aromatic carbocycles. The molecule has 0 aliphatic heterocycles. The second kappa shape index (κ2) is 8.10. The molecule has 1 aliphatic carbocycles. The minimum Gasteiger partial charge on any atom is -0.144 e. The third-order valence-corrected chi connectivity index (χ3v) is 4.64. The van der Waals surface area contributed by atoms with E-state index >= 15 is 0 Å². The fourth-order valence-corrected chi connectivity index (χ4v) is 3.36. The van der Waals surface area contributed by atoms with Crippen LogP contribution in [-0.2, 0) is 0 Å². The van der Waals surface area contributed by atoms with Crippen LogP contribution in [0, 0.1) is 18.0 Å². The van der Waals surface area contributed by atoms with Gasteiger partial charge in [-0.05, 0) is 61.1 Å². The largest absolute Gasteiger partial charge is 0.144 e. The van der Waals surface area contributed by atoms with E-state index in [1.54, 1.807) is 0 Å². The van der Waals surface area contributed by atoms with Crippen molar-refractivity contribution in [2.24, 2.45) is 5.92 Å². The van der Waals surface area contributed by atoms with E-state index in [-0.39, 0.29) is 0 Å². The Morgan fingerprint density at radius 3 is 2.35 bits per heavy atom. The van der Waals surface area contributed by atoms with Crippen LogP contribution in [0.25, 0.3) is 0 Å². The zero-order valence-electron chi connectivity index (χ0n) is 12.5. The van der Waals surface area contributed by atoms with Gasteiger partial charge in [0, 0.05) is 5.56 Å². The van der Waals surface area contributed by atoms with E-state index in [2.05, 4.69) is 25.0 Å². The zero-order chi connectivity index (χ0) is 14.2. The molecular formula is C19H25F. The van der Waals surface area contributed by atoms with Gasteiger partial charge in [-0.1, -0.05) is 44.7 Å². The van der Waals surface area contributed by atoms with E-state index in [9.17, 15) is 4.39 Å². The van der Waals surface area contributed by atoms with Gasteiger partial charge in [0.15, 0.2) is 0 Å². The van der Waals surface area contributed by atoms with E-state index < -0.39 is 0 Å². The maximum absolute atomic E-state index is 11.9. The number of rotatable bonds is 5. The average molecular weight is 272 g/mol. The first-order valence-corrected chi connectivity index (χ1v) is 8.05. The van der Waals surface area contributed by atoms with Crippen LogP contribution in [0.2, 0.25) is 0 Å². The molecule has 0 nitrogen and oxygen atoms in total. The fourth-order valence-electron chi connectivity index (χ4n) is 3.36. The van der Waals surface area contributed by atoms with Crippen LogP contribution in [0.1, 0.15) is 75.3 Å². The molecule has 20 heavy (non-hydrogen) atoms. The first-order chi connectivity index (χ1) is 9.83. The van der Waals surface area contributed by atoms with Gasteiger partial charge < -0.3 is 0 Å². The molecule has 0 amide bonds. The maximum atomic E-state index is 11.9. The molecule has 1 fully saturated rings. The molecule has 1 aromatic rings. The van der Waals surface area contributed by atoms with Crippen LogP contribution in [0.15, 0.2) is 24.3 Å². The molecule has 1 heteroatoms. The lowest BCUT2D eigenvalue weighted by atomic mass is 9.77. The molecule has 1 saturated carbocycles. The van der Waals surface area contributed by atoms with Crippen LogP contribution in [0.4, 0.5) is 4.39 Å². The molecule has 0 N–H and O–H groups in total. The minimum absolute atomic E-state index is 0.699. The van der Waals surface area contributed by atoms with Gasteiger partial charge in [0.2, 0.25) is 0 Å². The Balaban J connectivity index is 1.82. The number of hydrogen-bond donors (Lipinski definition) is 0. The molecule has 0 unspecified atom stereocenters. The van der Waals surface area contributed by atoms with Crippen molar-refractivity contribution in [1.29, 1.82) is 0 Å². The third-order valence-electron chi connectivity index (χ3n) is 4.64. The number of hydrogen-bond acceptors (Lipinski definition) is 0. The van der Waals surface area contributed by atoms with Crippen molar-refractivity contribution in [3.63, 3.8) is 0 Å². The average Bonchev–Trinajstić information content (AvgIpc) is 2.49. The van der Waals surface area contributed by atoms with Gasteiger partial charge in [0.25, 0.3) is 0 Å². The van der Waals surface area contributed by atoms with Crippen LogP contribution in [0.5, 0.6) is 0 Å². The summed E-state index contributed by atoms with van der Waals surface area (Å²) in [5.74, 6) is 4.11. The molecule has 0 aromatic heterocycles. The highest BCUT2D eigenvalue weighted by Crippen LogP contribution is 2.37. The van der Waals surface area contributed by atoms with Gasteiger partial charge in [-0.3, -0.25) is 0 Å². The van der Waals surface area contributed by atoms with Crippen molar-refractivity contribution in [2.45, 2.75) is 64.2 Å². The molecule has 0 heterocycles. The Morgan fingerprint density at radius 1 is 1.05 bits per heavy atom. The van der Waals surface area contributed by atoms with Crippen molar-refractivity contribution < 1.29 is 4.39 Å². The molecule has 2 rings (SSSR count). The van der Waals surface area contributed by atoms with Gasteiger partial charge in [-0.15, -0.1) is 4.39 Å². The van der Waals surface area contributed by atoms with E-state index in [0.717, 1.165) is 11.5 Å². The van der Waals surface area contributed by atoms with E-state index in [1.165, 1.54) is 63.1 Å². The Morgan fingerprint density at radius 2 is 1.75 bits per heavy atom. The van der Waals surface area contributed by atoms with E-state index in [0.29, 0.717) is 5.92 Å².